The number of benzene rings is 2. The van der Waals surface area contributed by atoms with Crippen molar-refractivity contribution >= 4 is 50.7 Å². The average molecular weight is 529 g/mol. The largest absolute Gasteiger partial charge is 0.352 e. The van der Waals surface area contributed by atoms with Crippen molar-refractivity contribution in [2.24, 2.45) is 0 Å². The van der Waals surface area contributed by atoms with Crippen molar-refractivity contribution in [2.75, 3.05) is 17.1 Å². The van der Waals surface area contributed by atoms with Gasteiger partial charge >= 0.3 is 0 Å². The summed E-state index contributed by atoms with van der Waals surface area (Å²) in [5, 5.41) is 3.79. The number of aryl methyl sites for hydroxylation is 1. The van der Waals surface area contributed by atoms with Gasteiger partial charge in [-0.2, -0.15) is 0 Å². The van der Waals surface area contributed by atoms with Crippen LogP contribution in [0.1, 0.15) is 38.3 Å². The summed E-state index contributed by atoms with van der Waals surface area (Å²) in [5.74, 6) is -0.866. The number of carbonyl (C=O) groups is 2. The van der Waals surface area contributed by atoms with Gasteiger partial charge in [0.25, 0.3) is 0 Å². The molecule has 0 bridgehead atoms. The second-order valence-electron chi connectivity index (χ2n) is 8.31. The normalized spacial score (nSPS) is 13.1. The van der Waals surface area contributed by atoms with E-state index in [1.807, 2.05) is 13.8 Å². The molecule has 34 heavy (non-hydrogen) atoms. The molecule has 10 heteroatoms. The number of halogens is 2. The number of nitrogens with one attached hydrogen (secondary N) is 1. The lowest BCUT2D eigenvalue weighted by molar-refractivity contribution is -0.139. The lowest BCUT2D eigenvalue weighted by atomic mass is 10.1. The highest BCUT2D eigenvalue weighted by Crippen LogP contribution is 2.26. The van der Waals surface area contributed by atoms with Crippen LogP contribution in [0.15, 0.2) is 42.5 Å². The minimum absolute atomic E-state index is 0.0464. The van der Waals surface area contributed by atoms with Crippen LogP contribution in [0.5, 0.6) is 0 Å². The van der Waals surface area contributed by atoms with Gasteiger partial charge in [-0.15, -0.1) is 0 Å². The first kappa shape index (κ1) is 28.0. The van der Waals surface area contributed by atoms with Crippen molar-refractivity contribution < 1.29 is 18.0 Å². The topological polar surface area (TPSA) is 86.8 Å². The summed E-state index contributed by atoms with van der Waals surface area (Å²) in [6.07, 6.45) is 1.76. The number of hydrogen-bond acceptors (Lipinski definition) is 4. The molecule has 0 saturated carbocycles. The Hall–Kier alpha value is -2.29. The SMILES string of the molecule is CC[C@H](C)NC(=O)[C@@H](C)N(Cc1ccccc1Cl)C(=O)CN(c1ccc(Cl)cc1C)S(C)(=O)=O. The Morgan fingerprint density at radius 1 is 1.09 bits per heavy atom. The molecule has 7 nitrogen and oxygen atoms in total. The maximum absolute atomic E-state index is 13.5. The number of sulfonamides is 1. The zero-order valence-electron chi connectivity index (χ0n) is 20.0. The summed E-state index contributed by atoms with van der Waals surface area (Å²) >= 11 is 12.3. The minimum Gasteiger partial charge on any atom is -0.352 e. The molecule has 0 aliphatic heterocycles. The molecule has 2 aromatic carbocycles. The van der Waals surface area contributed by atoms with Gasteiger partial charge in [0.2, 0.25) is 21.8 Å². The lowest BCUT2D eigenvalue weighted by Gasteiger charge is -2.32. The van der Waals surface area contributed by atoms with Crippen LogP contribution < -0.4 is 9.62 Å². The molecule has 0 aliphatic carbocycles. The molecule has 2 amide bonds. The summed E-state index contributed by atoms with van der Waals surface area (Å²) in [5.41, 5.74) is 1.59. The molecule has 0 spiro atoms. The summed E-state index contributed by atoms with van der Waals surface area (Å²) in [6, 6.07) is 10.8. The van der Waals surface area contributed by atoms with Crippen molar-refractivity contribution in [1.29, 1.82) is 0 Å². The number of nitrogens with zero attached hydrogens (tertiary/aromatic N) is 2. The van der Waals surface area contributed by atoms with E-state index in [4.69, 9.17) is 23.2 Å². The molecule has 0 saturated heterocycles. The third-order valence-electron chi connectivity index (χ3n) is 5.57. The predicted molar refractivity (Wildman–Crippen MR) is 138 cm³/mol. The molecule has 2 atom stereocenters. The molecule has 0 heterocycles. The summed E-state index contributed by atoms with van der Waals surface area (Å²) in [7, 11) is -3.82. The van der Waals surface area contributed by atoms with E-state index in [9.17, 15) is 18.0 Å². The maximum Gasteiger partial charge on any atom is 0.244 e. The van der Waals surface area contributed by atoms with Gasteiger partial charge in [0.05, 0.1) is 11.9 Å². The van der Waals surface area contributed by atoms with Crippen molar-refractivity contribution in [2.45, 2.75) is 52.7 Å². The van der Waals surface area contributed by atoms with Crippen LogP contribution in [0.2, 0.25) is 10.0 Å². The van der Waals surface area contributed by atoms with Crippen LogP contribution >= 0.6 is 23.2 Å². The molecular formula is C24H31Cl2N3O4S. The highest BCUT2D eigenvalue weighted by molar-refractivity contribution is 7.92. The summed E-state index contributed by atoms with van der Waals surface area (Å²) in [6.45, 7) is 6.72. The van der Waals surface area contributed by atoms with E-state index in [1.54, 1.807) is 56.3 Å². The second-order valence-corrected chi connectivity index (χ2v) is 11.1. The van der Waals surface area contributed by atoms with Gasteiger partial charge in [-0.3, -0.25) is 13.9 Å². The van der Waals surface area contributed by atoms with E-state index in [-0.39, 0.29) is 18.5 Å². The molecule has 0 radical (unpaired) electrons. The third-order valence-corrected chi connectivity index (χ3v) is 7.30. The molecular weight excluding hydrogens is 497 g/mol. The van der Waals surface area contributed by atoms with Crippen molar-refractivity contribution in [3.8, 4) is 0 Å². The Labute approximate surface area is 212 Å². The first-order valence-electron chi connectivity index (χ1n) is 10.9. The van der Waals surface area contributed by atoms with Crippen molar-refractivity contribution in [3.05, 3.63) is 63.6 Å². The standard InChI is InChI=1S/C24H31Cl2N3O4S/c1-6-17(3)27-24(31)18(4)28(14-19-9-7-8-10-21(19)26)23(30)15-29(34(5,32)33)22-12-11-20(25)13-16(22)2/h7-13,17-18H,6,14-15H2,1-5H3,(H,27,31)/t17-,18+/m0/s1. The molecule has 0 fully saturated rings. The first-order valence-corrected chi connectivity index (χ1v) is 13.5. The van der Waals surface area contributed by atoms with E-state index >= 15 is 0 Å². The first-order chi connectivity index (χ1) is 15.8. The Balaban J connectivity index is 2.43. The zero-order chi connectivity index (χ0) is 25.6. The van der Waals surface area contributed by atoms with Gasteiger partial charge in [-0.25, -0.2) is 8.42 Å². The van der Waals surface area contributed by atoms with Crippen LogP contribution in [-0.2, 0) is 26.2 Å². The highest BCUT2D eigenvalue weighted by Gasteiger charge is 2.31. The molecule has 0 aromatic heterocycles. The van der Waals surface area contributed by atoms with Crippen LogP contribution in [0, 0.1) is 6.92 Å². The average Bonchev–Trinajstić information content (AvgIpc) is 2.76. The fraction of sp³-hybridized carbons (Fsp3) is 0.417. The summed E-state index contributed by atoms with van der Waals surface area (Å²) in [4.78, 5) is 27.8. The van der Waals surface area contributed by atoms with Gasteiger partial charge in [0.15, 0.2) is 0 Å². The van der Waals surface area contributed by atoms with Crippen LogP contribution in [0.3, 0.4) is 0 Å². The maximum atomic E-state index is 13.5. The lowest BCUT2D eigenvalue weighted by Crippen LogP contribution is -2.52. The Morgan fingerprint density at radius 2 is 1.74 bits per heavy atom. The fourth-order valence-electron chi connectivity index (χ4n) is 3.35. The third kappa shape index (κ3) is 7.35. The second kappa shape index (κ2) is 11.9. The molecule has 1 N–H and O–H groups in total. The molecule has 186 valence electrons. The predicted octanol–water partition coefficient (Wildman–Crippen LogP) is 4.40. The van der Waals surface area contributed by atoms with E-state index < -0.39 is 28.5 Å². The Morgan fingerprint density at radius 3 is 2.29 bits per heavy atom. The van der Waals surface area contributed by atoms with Crippen LogP contribution in [0.4, 0.5) is 5.69 Å². The van der Waals surface area contributed by atoms with Gasteiger partial charge in [0, 0.05) is 22.6 Å². The van der Waals surface area contributed by atoms with Crippen molar-refractivity contribution in [3.63, 3.8) is 0 Å². The molecule has 0 aliphatic rings. The highest BCUT2D eigenvalue weighted by atomic mass is 35.5. The Bertz CT molecular complexity index is 1140. The van der Waals surface area contributed by atoms with Crippen LogP contribution in [-0.4, -0.2) is 50.0 Å². The Kier molecular flexibility index (Phi) is 9.79. The smallest absolute Gasteiger partial charge is 0.244 e. The van der Waals surface area contributed by atoms with E-state index in [2.05, 4.69) is 5.32 Å². The quantitative estimate of drug-likeness (QED) is 0.495. The van der Waals surface area contributed by atoms with Gasteiger partial charge in [-0.05, 0) is 62.6 Å². The number of hydrogen-bond donors (Lipinski definition) is 1. The summed E-state index contributed by atoms with van der Waals surface area (Å²) < 4.78 is 26.3. The molecule has 2 aromatic rings. The fourth-order valence-corrected chi connectivity index (χ4v) is 4.68. The van der Waals surface area contributed by atoms with Gasteiger partial charge in [-0.1, -0.05) is 48.3 Å². The number of anilines is 1. The van der Waals surface area contributed by atoms with E-state index in [0.717, 1.165) is 17.0 Å². The van der Waals surface area contributed by atoms with Gasteiger partial charge in [0.1, 0.15) is 12.6 Å². The number of carbonyl (C=O) groups excluding carboxylic acids is 2. The van der Waals surface area contributed by atoms with Crippen molar-refractivity contribution in [1.82, 2.24) is 10.2 Å². The van der Waals surface area contributed by atoms with Crippen LogP contribution in [0.25, 0.3) is 0 Å². The number of rotatable bonds is 10. The number of amides is 2. The molecule has 2 rings (SSSR count). The monoisotopic (exact) mass is 527 g/mol. The van der Waals surface area contributed by atoms with E-state index in [1.165, 1.54) is 4.90 Å². The zero-order valence-corrected chi connectivity index (χ0v) is 22.3. The van der Waals surface area contributed by atoms with E-state index in [0.29, 0.717) is 26.9 Å². The molecule has 0 unspecified atom stereocenters. The minimum atomic E-state index is -3.82. The van der Waals surface area contributed by atoms with Gasteiger partial charge < -0.3 is 10.2 Å².